The third-order valence-electron chi connectivity index (χ3n) is 9.21. The zero-order valence-electron chi connectivity index (χ0n) is 30.4. The highest BCUT2D eigenvalue weighted by atomic mass is 16.6. The summed E-state index contributed by atoms with van der Waals surface area (Å²) in [5.74, 6) is 2.56. The summed E-state index contributed by atoms with van der Waals surface area (Å²) in [6.07, 6.45) is 12.2. The Morgan fingerprint density at radius 1 is 0.981 bits per heavy atom. The molecule has 2 aromatic heterocycles. The lowest BCUT2D eigenvalue weighted by atomic mass is 9.89. The second-order valence-electron chi connectivity index (χ2n) is 14.4. The number of carbonyl (C=O) groups is 2. The van der Waals surface area contributed by atoms with Gasteiger partial charge in [-0.2, -0.15) is 0 Å². The molecule has 2 unspecified atom stereocenters. The van der Waals surface area contributed by atoms with Crippen molar-refractivity contribution in [2.45, 2.75) is 104 Å². The molecule has 2 aliphatic heterocycles. The molecule has 280 valence electrons. The number of nitrogens with one attached hydrogen (secondary N) is 3. The molecule has 7 rings (SSSR count). The van der Waals surface area contributed by atoms with Crippen LogP contribution in [0.3, 0.4) is 0 Å². The predicted molar refractivity (Wildman–Crippen MR) is 204 cm³/mol. The fourth-order valence-corrected chi connectivity index (χ4v) is 6.55. The lowest BCUT2D eigenvalue weighted by Crippen LogP contribution is -2.41. The molecular weight excluding hydrogens is 658 g/mol. The van der Waals surface area contributed by atoms with E-state index in [1.807, 2.05) is 58.2 Å². The van der Waals surface area contributed by atoms with Crippen LogP contribution >= 0.6 is 0 Å². The van der Waals surface area contributed by atoms with E-state index in [1.54, 1.807) is 17.4 Å². The zero-order valence-corrected chi connectivity index (χ0v) is 30.4. The van der Waals surface area contributed by atoms with E-state index in [4.69, 9.17) is 14.2 Å². The average molecular weight is 714 g/mol. The number of ether oxygens (including phenoxy) is 3. The Bertz CT molecular complexity index is 1780. The van der Waals surface area contributed by atoms with Crippen molar-refractivity contribution in [1.82, 2.24) is 24.8 Å². The minimum absolute atomic E-state index is 0. The van der Waals surface area contributed by atoms with E-state index in [9.17, 15) is 9.59 Å². The Hall–Kier alpha value is -5.00. The number of amides is 2. The van der Waals surface area contributed by atoms with Crippen molar-refractivity contribution >= 4 is 23.5 Å². The van der Waals surface area contributed by atoms with Crippen molar-refractivity contribution < 1.29 is 23.8 Å². The number of aromatic nitrogens is 4. The third kappa shape index (κ3) is 9.86. The van der Waals surface area contributed by atoms with Crippen molar-refractivity contribution in [3.05, 3.63) is 84.0 Å². The van der Waals surface area contributed by atoms with Crippen LogP contribution < -0.4 is 25.0 Å². The number of H-pyrrole nitrogens is 1. The average Bonchev–Trinajstić information content (AvgIpc) is 3.53. The number of fused-ring (bicyclic) bond motifs is 2. The molecule has 1 fully saturated rings. The first-order valence-corrected chi connectivity index (χ1v) is 18.2. The normalized spacial score (nSPS) is 17.4. The molecule has 3 N–H and O–H groups in total. The predicted octanol–water partition coefficient (Wildman–Crippen LogP) is 8.06. The van der Waals surface area contributed by atoms with Gasteiger partial charge in [0.2, 0.25) is 0 Å². The first kappa shape index (κ1) is 38.2. The monoisotopic (exact) mass is 713 g/mol. The standard InChI is InChI=1S/C20H27N3O3.C19H24N4O2.CH4/c1-5-21-15-6-7-18-17(11-15)14(8-9-25-18)10-16-12-23(13-22-16)19(24)26-20(2,3)4;1-2-23(19(24)22-14-3-4-14)16-5-6-18-17(10-16)13(7-8-25-18)9-15-11-20-12-21-15;/h6-7,11-14,21H,5,8-10H2,1-4H3;5-6,10-14H,2-4,7-9H2,1H3,(H,20,21)(H,22,24);1H4. The molecule has 4 aromatic rings. The van der Waals surface area contributed by atoms with Crippen LogP contribution in [0.4, 0.5) is 21.0 Å². The summed E-state index contributed by atoms with van der Waals surface area (Å²) in [6.45, 7) is 12.6. The molecular formula is C40H55N7O5. The first-order chi connectivity index (χ1) is 24.6. The van der Waals surface area contributed by atoms with Crippen LogP contribution in [0.1, 0.15) is 102 Å². The van der Waals surface area contributed by atoms with Crippen molar-refractivity contribution in [1.29, 1.82) is 0 Å². The Balaban J connectivity index is 0.000000197. The molecule has 0 bridgehead atoms. The maximum Gasteiger partial charge on any atom is 0.419 e. The van der Waals surface area contributed by atoms with Crippen molar-refractivity contribution in [3.63, 3.8) is 0 Å². The molecule has 4 heterocycles. The minimum atomic E-state index is -0.524. The quantitative estimate of drug-likeness (QED) is 0.159. The summed E-state index contributed by atoms with van der Waals surface area (Å²) in [4.78, 5) is 38.2. The zero-order chi connectivity index (χ0) is 36.0. The van der Waals surface area contributed by atoms with Crippen LogP contribution in [-0.2, 0) is 17.6 Å². The second kappa shape index (κ2) is 17.0. The molecule has 2 amide bonds. The number of nitrogens with zero attached hydrogens (tertiary/aromatic N) is 4. The van der Waals surface area contributed by atoms with Gasteiger partial charge in [0, 0.05) is 48.6 Å². The van der Waals surface area contributed by atoms with Gasteiger partial charge < -0.3 is 29.8 Å². The van der Waals surface area contributed by atoms with Crippen LogP contribution in [0, 0.1) is 0 Å². The minimum Gasteiger partial charge on any atom is -0.493 e. The maximum absolute atomic E-state index is 12.5. The van der Waals surface area contributed by atoms with E-state index in [0.29, 0.717) is 31.0 Å². The first-order valence-electron chi connectivity index (χ1n) is 18.2. The summed E-state index contributed by atoms with van der Waals surface area (Å²) >= 11 is 0. The largest absolute Gasteiger partial charge is 0.493 e. The van der Waals surface area contributed by atoms with Crippen molar-refractivity contribution in [3.8, 4) is 11.5 Å². The lowest BCUT2D eigenvalue weighted by Gasteiger charge is -2.28. The van der Waals surface area contributed by atoms with Gasteiger partial charge >= 0.3 is 12.1 Å². The van der Waals surface area contributed by atoms with Crippen LogP contribution in [0.2, 0.25) is 0 Å². The highest BCUT2D eigenvalue weighted by Gasteiger charge is 2.28. The van der Waals surface area contributed by atoms with Crippen molar-refractivity contribution in [2.24, 2.45) is 0 Å². The van der Waals surface area contributed by atoms with Crippen LogP contribution in [0.25, 0.3) is 0 Å². The number of hydrogen-bond acceptors (Lipinski definition) is 8. The van der Waals surface area contributed by atoms with E-state index in [1.165, 1.54) is 22.0 Å². The van der Waals surface area contributed by atoms with E-state index in [0.717, 1.165) is 85.9 Å². The van der Waals surface area contributed by atoms with Gasteiger partial charge in [0.15, 0.2) is 0 Å². The molecule has 12 nitrogen and oxygen atoms in total. The Kier molecular flexibility index (Phi) is 12.5. The molecule has 2 atom stereocenters. The summed E-state index contributed by atoms with van der Waals surface area (Å²) in [7, 11) is 0. The number of carbonyl (C=O) groups excluding carboxylic acids is 2. The van der Waals surface area contributed by atoms with E-state index in [-0.39, 0.29) is 13.5 Å². The summed E-state index contributed by atoms with van der Waals surface area (Å²) in [5, 5.41) is 6.42. The Morgan fingerprint density at radius 2 is 1.67 bits per heavy atom. The number of urea groups is 1. The fourth-order valence-electron chi connectivity index (χ4n) is 6.55. The van der Waals surface area contributed by atoms with E-state index in [2.05, 4.69) is 44.6 Å². The fraction of sp³-hybridized carbons (Fsp3) is 0.500. The van der Waals surface area contributed by atoms with Gasteiger partial charge in [0.05, 0.1) is 25.2 Å². The highest BCUT2D eigenvalue weighted by Crippen LogP contribution is 2.39. The number of benzene rings is 2. The van der Waals surface area contributed by atoms with Gasteiger partial charge in [-0.05, 0) is 133 Å². The number of rotatable bonds is 9. The molecule has 52 heavy (non-hydrogen) atoms. The van der Waals surface area contributed by atoms with Crippen LogP contribution in [0.5, 0.6) is 11.5 Å². The maximum atomic E-state index is 12.5. The van der Waals surface area contributed by atoms with E-state index >= 15 is 0 Å². The number of anilines is 2. The Labute approximate surface area is 307 Å². The molecule has 2 aromatic carbocycles. The van der Waals surface area contributed by atoms with Gasteiger partial charge in [0.25, 0.3) is 0 Å². The number of aromatic amines is 1. The number of imidazole rings is 2. The van der Waals surface area contributed by atoms with E-state index < -0.39 is 11.7 Å². The van der Waals surface area contributed by atoms with Gasteiger partial charge in [-0.25, -0.2) is 24.1 Å². The second-order valence-corrected chi connectivity index (χ2v) is 14.4. The van der Waals surface area contributed by atoms with Crippen LogP contribution in [0.15, 0.2) is 61.4 Å². The summed E-state index contributed by atoms with van der Waals surface area (Å²) in [6, 6.07) is 12.7. The SMILES string of the molecule is C.CCN(C(=O)NC1CC1)c1ccc2c(c1)C(Cc1cnc[nH]1)CCO2.CCNc1ccc2c(c1)C(Cc1cn(C(=O)OC(C)(C)C)cn1)CCO2. The van der Waals surface area contributed by atoms with Crippen LogP contribution in [-0.4, -0.2) is 69.6 Å². The van der Waals surface area contributed by atoms with Gasteiger partial charge in [-0.1, -0.05) is 7.43 Å². The summed E-state index contributed by atoms with van der Waals surface area (Å²) < 4.78 is 18.4. The molecule has 3 aliphatic rings. The van der Waals surface area contributed by atoms with Gasteiger partial charge in [-0.3, -0.25) is 4.90 Å². The molecule has 12 heteroatoms. The molecule has 0 spiro atoms. The number of hydrogen-bond donors (Lipinski definition) is 3. The van der Waals surface area contributed by atoms with Gasteiger partial charge in [0.1, 0.15) is 23.4 Å². The molecule has 1 saturated carbocycles. The smallest absolute Gasteiger partial charge is 0.419 e. The Morgan fingerprint density at radius 3 is 2.31 bits per heavy atom. The van der Waals surface area contributed by atoms with Gasteiger partial charge in [-0.15, -0.1) is 0 Å². The highest BCUT2D eigenvalue weighted by molar-refractivity contribution is 5.92. The third-order valence-corrected chi connectivity index (χ3v) is 9.21. The molecule has 0 saturated heterocycles. The molecule has 0 radical (unpaired) electrons. The lowest BCUT2D eigenvalue weighted by molar-refractivity contribution is 0.0536. The topological polar surface area (TPSA) is 136 Å². The summed E-state index contributed by atoms with van der Waals surface area (Å²) in [5.41, 5.74) is 5.88. The molecule has 1 aliphatic carbocycles. The van der Waals surface area contributed by atoms with Crippen molar-refractivity contribution in [2.75, 3.05) is 36.5 Å².